The van der Waals surface area contributed by atoms with E-state index in [1.54, 1.807) is 46.0 Å². The van der Waals surface area contributed by atoms with Crippen molar-refractivity contribution in [3.05, 3.63) is 44.8 Å². The van der Waals surface area contributed by atoms with E-state index in [-0.39, 0.29) is 131 Å². The second-order valence-electron chi connectivity index (χ2n) is 25.2. The number of carboxylic acids is 1. The molecule has 1 aromatic heterocycles. The summed E-state index contributed by atoms with van der Waals surface area (Å²) in [5, 5.41) is 69.6. The third-order valence-electron chi connectivity index (χ3n) is 19.7. The van der Waals surface area contributed by atoms with Gasteiger partial charge in [-0.3, -0.25) is 14.4 Å². The van der Waals surface area contributed by atoms with Crippen LogP contribution in [0.4, 0.5) is 4.79 Å². The Morgan fingerprint density at radius 2 is 1.62 bits per heavy atom. The summed E-state index contributed by atoms with van der Waals surface area (Å²) in [6.45, 7) is 21.0. The van der Waals surface area contributed by atoms with Crippen molar-refractivity contribution in [1.29, 1.82) is 5.26 Å². The topological polar surface area (TPSA) is 263 Å². The van der Waals surface area contributed by atoms with Gasteiger partial charge in [-0.15, -0.1) is 11.3 Å². The molecule has 438 valence electrons. The van der Waals surface area contributed by atoms with Crippen LogP contribution in [-0.2, 0) is 24.6 Å². The molecule has 0 aliphatic heterocycles. The molecular formula is C62H88N6O11S. The van der Waals surface area contributed by atoms with Crippen LogP contribution in [0.3, 0.4) is 0 Å². The van der Waals surface area contributed by atoms with E-state index in [4.69, 9.17) is 4.74 Å². The highest BCUT2D eigenvalue weighted by molar-refractivity contribution is 7.19. The van der Waals surface area contributed by atoms with Gasteiger partial charge in [0.25, 0.3) is 0 Å². The van der Waals surface area contributed by atoms with Crippen molar-refractivity contribution >= 4 is 64.5 Å². The predicted molar refractivity (Wildman–Crippen MR) is 308 cm³/mol. The summed E-state index contributed by atoms with van der Waals surface area (Å²) in [5.74, 6) is 0.539. The molecule has 2 aromatic carbocycles. The van der Waals surface area contributed by atoms with Crippen LogP contribution in [0, 0.1) is 64.6 Å². The Morgan fingerprint density at radius 3 is 2.35 bits per heavy atom. The fourth-order valence-electron chi connectivity index (χ4n) is 15.0. The number of nitrogens with one attached hydrogen (secondary N) is 2. The number of rotatable bonds is 24. The monoisotopic (exact) mass is 1120 g/mol. The highest BCUT2D eigenvalue weighted by Gasteiger charge is 2.63. The number of nitriles is 1. The Hall–Kier alpha value is -5.77. The Bertz CT molecular complexity index is 2900. The minimum atomic E-state index is -1.09. The average molecular weight is 1130 g/mol. The Kier molecular flexibility index (Phi) is 20.1. The third kappa shape index (κ3) is 13.8. The number of aliphatic carboxylic acids is 1. The van der Waals surface area contributed by atoms with Crippen molar-refractivity contribution in [2.75, 3.05) is 33.2 Å². The molecule has 80 heavy (non-hydrogen) atoms. The zero-order chi connectivity index (χ0) is 58.4. The molecule has 0 saturated heterocycles. The van der Waals surface area contributed by atoms with Gasteiger partial charge in [-0.1, -0.05) is 54.2 Å². The molecule has 0 bridgehead atoms. The first-order valence-corrected chi connectivity index (χ1v) is 30.0. The minimum absolute atomic E-state index is 0.0422. The lowest BCUT2D eigenvalue weighted by Crippen LogP contribution is -2.58. The van der Waals surface area contributed by atoms with Gasteiger partial charge in [-0.2, -0.15) is 5.26 Å². The van der Waals surface area contributed by atoms with Gasteiger partial charge in [-0.25, -0.2) is 14.6 Å². The molecule has 4 aliphatic rings. The second kappa shape index (κ2) is 26.0. The Balaban J connectivity index is 0.821. The molecule has 0 radical (unpaired) electrons. The van der Waals surface area contributed by atoms with E-state index in [2.05, 4.69) is 49.5 Å². The fourth-order valence-corrected chi connectivity index (χ4v) is 15.8. The number of aliphatic hydroxyl groups is 2. The van der Waals surface area contributed by atoms with Crippen molar-refractivity contribution in [3.63, 3.8) is 0 Å². The number of nitrogens with zero attached hydrogens (tertiary/aromatic N) is 4. The molecule has 7 rings (SSSR count). The van der Waals surface area contributed by atoms with Crippen LogP contribution in [0.25, 0.3) is 23.4 Å². The van der Waals surface area contributed by atoms with Crippen molar-refractivity contribution in [2.24, 2.45) is 46.3 Å². The summed E-state index contributed by atoms with van der Waals surface area (Å²) in [6.07, 6.45) is 10.6. The predicted octanol–water partition coefficient (Wildman–Crippen LogP) is 8.16. The molecule has 4 aliphatic carbocycles. The maximum atomic E-state index is 13.7. The van der Waals surface area contributed by atoms with Gasteiger partial charge < -0.3 is 50.7 Å². The van der Waals surface area contributed by atoms with Gasteiger partial charge >= 0.3 is 12.1 Å². The number of phenolic OH excluding ortho intramolecular Hbond substituents is 2. The number of benzene rings is 2. The number of carbonyl (C=O) groups is 5. The molecule has 4 amide bonds. The van der Waals surface area contributed by atoms with Gasteiger partial charge in [0.1, 0.15) is 29.4 Å². The van der Waals surface area contributed by atoms with Gasteiger partial charge in [0.2, 0.25) is 17.7 Å². The maximum absolute atomic E-state index is 13.7. The van der Waals surface area contributed by atoms with Crippen molar-refractivity contribution in [2.45, 2.75) is 181 Å². The first-order chi connectivity index (χ1) is 37.8. The molecule has 4 fully saturated rings. The SMILES string of the molecule is C=c1c(C)c(O)c(=C)c(C(C)(C)CC(=O)N(C)CCN(CCCCCC(=O)NCCCCC(NC(=O)CC[C@@H](C)[C@H]2CC[C@H]3[C@@H]4[C@@H](O)C[C@@H]5C[C@H](O)CC[C@]5(C)[C@H]4CC[C@]23C)C(=O)O)C(=O)Oc2ccc3nc(C#N)sc3c2)c1O. The summed E-state index contributed by atoms with van der Waals surface area (Å²) >= 11 is 1.18. The number of likely N-dealkylation sites (N-methyl/N-ethyl adjacent to an activating group) is 1. The lowest BCUT2D eigenvalue weighted by molar-refractivity contribution is -0.174. The lowest BCUT2D eigenvalue weighted by atomic mass is 9.43. The zero-order valence-corrected chi connectivity index (χ0v) is 49.1. The van der Waals surface area contributed by atoms with E-state index in [1.165, 1.54) is 21.1 Å². The minimum Gasteiger partial charge on any atom is -0.507 e. The summed E-state index contributed by atoms with van der Waals surface area (Å²) in [6, 6.07) is 5.93. The summed E-state index contributed by atoms with van der Waals surface area (Å²) < 4.78 is 6.48. The molecule has 3 aromatic rings. The van der Waals surface area contributed by atoms with Gasteiger partial charge in [-0.05, 0) is 155 Å². The molecule has 11 atom stereocenters. The number of aromatic nitrogens is 1. The molecule has 18 heteroatoms. The van der Waals surface area contributed by atoms with E-state index in [9.17, 15) is 54.8 Å². The molecule has 4 saturated carbocycles. The number of amides is 4. The molecule has 1 heterocycles. The lowest BCUT2D eigenvalue weighted by Gasteiger charge is -2.62. The zero-order valence-electron chi connectivity index (χ0n) is 48.3. The van der Waals surface area contributed by atoms with Gasteiger partial charge in [0, 0.05) is 85.5 Å². The van der Waals surface area contributed by atoms with E-state index in [1.807, 2.05) is 6.07 Å². The van der Waals surface area contributed by atoms with Crippen LogP contribution in [0.2, 0.25) is 0 Å². The third-order valence-corrected chi connectivity index (χ3v) is 20.6. The summed E-state index contributed by atoms with van der Waals surface area (Å²) in [4.78, 5) is 73.0. The highest BCUT2D eigenvalue weighted by atomic mass is 32.1. The molecule has 1 unspecified atom stereocenters. The normalized spacial score (nSPS) is 26.0. The molecule has 0 spiro atoms. The van der Waals surface area contributed by atoms with Gasteiger partial charge in [0.15, 0.2) is 5.01 Å². The van der Waals surface area contributed by atoms with Gasteiger partial charge in [0.05, 0.1) is 22.4 Å². The molecular weight excluding hydrogens is 1040 g/mol. The number of hydrogen-bond acceptors (Lipinski definition) is 13. The Labute approximate surface area is 475 Å². The van der Waals surface area contributed by atoms with Crippen LogP contribution >= 0.6 is 11.3 Å². The van der Waals surface area contributed by atoms with Crippen LogP contribution in [0.1, 0.15) is 166 Å². The van der Waals surface area contributed by atoms with E-state index < -0.39 is 23.5 Å². The van der Waals surface area contributed by atoms with E-state index >= 15 is 0 Å². The van der Waals surface area contributed by atoms with E-state index in [0.29, 0.717) is 90.1 Å². The smallest absolute Gasteiger partial charge is 0.415 e. The second-order valence-corrected chi connectivity index (χ2v) is 26.3. The van der Waals surface area contributed by atoms with Crippen LogP contribution in [-0.4, -0.2) is 122 Å². The first-order valence-electron chi connectivity index (χ1n) is 29.2. The molecule has 7 N–H and O–H groups in total. The quantitative estimate of drug-likeness (QED) is 0.0330. The number of hydrogen-bond donors (Lipinski definition) is 7. The van der Waals surface area contributed by atoms with Crippen molar-refractivity contribution < 1.29 is 54.2 Å². The highest BCUT2D eigenvalue weighted by Crippen LogP contribution is 2.68. The van der Waals surface area contributed by atoms with Crippen LogP contribution < -0.4 is 25.8 Å². The van der Waals surface area contributed by atoms with Crippen molar-refractivity contribution in [1.82, 2.24) is 25.4 Å². The van der Waals surface area contributed by atoms with Crippen molar-refractivity contribution in [3.8, 4) is 23.3 Å². The number of fused-ring (bicyclic) bond motifs is 6. The van der Waals surface area contributed by atoms with Crippen LogP contribution in [0.5, 0.6) is 17.2 Å². The number of aromatic hydroxyl groups is 2. The van der Waals surface area contributed by atoms with Crippen LogP contribution in [0.15, 0.2) is 18.2 Å². The summed E-state index contributed by atoms with van der Waals surface area (Å²) in [7, 11) is 1.62. The molecule has 17 nitrogen and oxygen atoms in total. The number of phenols is 2. The average Bonchev–Trinajstić information content (AvgIpc) is 4.11. The number of ether oxygens (including phenoxy) is 1. The number of aliphatic hydroxyl groups excluding tert-OH is 2. The largest absolute Gasteiger partial charge is 0.507 e. The fraction of sp³-hybridized carbons (Fsp3) is 0.661. The number of carboxylic acid groups (broad SMARTS) is 1. The number of unbranched alkanes of at least 4 members (excludes halogenated alkanes) is 3. The summed E-state index contributed by atoms with van der Waals surface area (Å²) in [5.41, 5.74) is 0.654. The number of thiazole rings is 1. The maximum Gasteiger partial charge on any atom is 0.415 e. The number of carbonyl (C=O) groups excluding carboxylic acids is 4. The first kappa shape index (κ1) is 61.8. The van der Waals surface area contributed by atoms with E-state index in [0.717, 1.165) is 51.4 Å². The standard InChI is InChI=1S/C62H88N6O11S/c1-36(43-19-20-44-54-45(24-26-62(43,44)8)61(7)25-23-41(69)31-40(61)32-48(54)70)17-22-51(72)65-47(58(76)77)15-12-13-27-64-50(71)16-11-10-14-28-68(59(78)79-42-18-21-46-49(33-42)80-52(35-63)66-46)30-29-67(9)53(73)34-60(5,6)55-39(4)56(74)37(2)38(3)57(55)75/h18,21,33,36,40-41,43-45,47-48,54,69-70,74-75H,3-4,10-17,19-20,22-32,34H2,1-2,5-9H3,(H,64,71)(H,65,72)(H,76,77)/t36-,40+,41-,43-,44+,45+,47?,48+,54+,61+,62-/m1/s1. The Morgan fingerprint density at radius 1 is 0.900 bits per heavy atom.